The first-order valence-electron chi connectivity index (χ1n) is 7.60. The quantitative estimate of drug-likeness (QED) is 0.758. The number of para-hydroxylation sites is 2. The molecule has 0 aliphatic rings. The second-order valence-electron chi connectivity index (χ2n) is 5.06. The minimum Gasteiger partial charge on any atom is -0.492 e. The average Bonchev–Trinajstić information content (AvgIpc) is 3.00. The van der Waals surface area contributed by atoms with E-state index >= 15 is 0 Å². The molecule has 1 amide bonds. The van der Waals surface area contributed by atoms with Crippen molar-refractivity contribution >= 4 is 22.9 Å². The number of nitrogens with one attached hydrogen (secondary N) is 1. The molecule has 0 spiro atoms. The number of aryl methyl sites for hydroxylation is 1. The molecule has 0 saturated heterocycles. The second-order valence-corrected chi connectivity index (χ2v) is 6.06. The first-order chi connectivity index (χ1) is 11.7. The van der Waals surface area contributed by atoms with Crippen LogP contribution in [0.3, 0.4) is 0 Å². The summed E-state index contributed by atoms with van der Waals surface area (Å²) >= 11 is 1.36. The molecule has 0 unspecified atom stereocenters. The molecule has 2 heterocycles. The van der Waals surface area contributed by atoms with Crippen LogP contribution in [0.15, 0.2) is 48.8 Å². The Morgan fingerprint density at radius 3 is 2.83 bits per heavy atom. The summed E-state index contributed by atoms with van der Waals surface area (Å²) in [5.74, 6) is 0.468. The van der Waals surface area contributed by atoms with Gasteiger partial charge in [0.1, 0.15) is 15.6 Å². The predicted molar refractivity (Wildman–Crippen MR) is 95.6 cm³/mol. The van der Waals surface area contributed by atoms with Gasteiger partial charge in [-0.25, -0.2) is 4.98 Å². The van der Waals surface area contributed by atoms with E-state index in [9.17, 15) is 4.79 Å². The fraction of sp³-hybridized carbons (Fsp3) is 0.167. The van der Waals surface area contributed by atoms with Crippen LogP contribution in [0.4, 0.5) is 5.69 Å². The van der Waals surface area contributed by atoms with Gasteiger partial charge >= 0.3 is 0 Å². The highest BCUT2D eigenvalue weighted by atomic mass is 32.1. The van der Waals surface area contributed by atoms with E-state index in [-0.39, 0.29) is 5.91 Å². The van der Waals surface area contributed by atoms with Crippen molar-refractivity contribution < 1.29 is 9.53 Å². The Morgan fingerprint density at radius 1 is 1.25 bits per heavy atom. The van der Waals surface area contributed by atoms with Crippen LogP contribution in [0.1, 0.15) is 22.3 Å². The summed E-state index contributed by atoms with van der Waals surface area (Å²) in [6, 6.07) is 11.2. The third kappa shape index (κ3) is 3.44. The van der Waals surface area contributed by atoms with Crippen LogP contribution in [0, 0.1) is 6.92 Å². The fourth-order valence-corrected chi connectivity index (χ4v) is 3.20. The molecule has 0 aliphatic carbocycles. The molecule has 24 heavy (non-hydrogen) atoms. The zero-order valence-corrected chi connectivity index (χ0v) is 14.3. The number of ether oxygens (including phenoxy) is 1. The highest BCUT2D eigenvalue weighted by Gasteiger charge is 2.17. The Hall–Kier alpha value is -2.73. The molecular weight excluding hydrogens is 322 g/mol. The van der Waals surface area contributed by atoms with Gasteiger partial charge in [0.25, 0.3) is 5.91 Å². The van der Waals surface area contributed by atoms with Crippen molar-refractivity contribution in [2.45, 2.75) is 13.8 Å². The number of thiazole rings is 1. The third-order valence-corrected chi connectivity index (χ3v) is 4.55. The number of carbonyl (C=O) groups excluding carboxylic acids is 1. The molecule has 0 saturated carbocycles. The van der Waals surface area contributed by atoms with E-state index in [1.807, 2.05) is 50.2 Å². The van der Waals surface area contributed by atoms with Gasteiger partial charge in [0.2, 0.25) is 0 Å². The SMILES string of the molecule is CCOc1ccccc1NC(=O)c1sc(-c2cccnc2)nc1C. The Labute approximate surface area is 144 Å². The number of amides is 1. The predicted octanol–water partition coefficient (Wildman–Crippen LogP) is 4.16. The van der Waals surface area contributed by atoms with Gasteiger partial charge in [0.15, 0.2) is 0 Å². The second kappa shape index (κ2) is 7.23. The fourth-order valence-electron chi connectivity index (χ4n) is 2.25. The smallest absolute Gasteiger partial charge is 0.267 e. The van der Waals surface area contributed by atoms with E-state index < -0.39 is 0 Å². The minimum absolute atomic E-state index is 0.188. The van der Waals surface area contributed by atoms with Gasteiger partial charge in [0.05, 0.1) is 18.0 Å². The molecule has 6 heteroatoms. The Bertz CT molecular complexity index is 846. The molecule has 0 aliphatic heterocycles. The summed E-state index contributed by atoms with van der Waals surface area (Å²) in [4.78, 5) is 21.8. The van der Waals surface area contributed by atoms with Crippen LogP contribution >= 0.6 is 11.3 Å². The van der Waals surface area contributed by atoms with E-state index in [0.717, 1.165) is 10.6 Å². The Balaban J connectivity index is 1.85. The third-order valence-electron chi connectivity index (χ3n) is 3.35. The lowest BCUT2D eigenvalue weighted by atomic mass is 10.2. The lowest BCUT2D eigenvalue weighted by molar-refractivity contribution is 0.102. The highest BCUT2D eigenvalue weighted by molar-refractivity contribution is 7.17. The van der Waals surface area contributed by atoms with Gasteiger partial charge in [-0.3, -0.25) is 9.78 Å². The van der Waals surface area contributed by atoms with Crippen LogP contribution in [0.2, 0.25) is 0 Å². The molecule has 0 bridgehead atoms. The lowest BCUT2D eigenvalue weighted by Gasteiger charge is -2.10. The Morgan fingerprint density at radius 2 is 2.08 bits per heavy atom. The van der Waals surface area contributed by atoms with Crippen molar-refractivity contribution in [1.29, 1.82) is 0 Å². The topological polar surface area (TPSA) is 64.1 Å². The lowest BCUT2D eigenvalue weighted by Crippen LogP contribution is -2.12. The molecule has 2 aromatic heterocycles. The summed E-state index contributed by atoms with van der Waals surface area (Å²) in [5.41, 5.74) is 2.25. The number of rotatable bonds is 5. The number of anilines is 1. The zero-order chi connectivity index (χ0) is 16.9. The van der Waals surface area contributed by atoms with Gasteiger partial charge in [0, 0.05) is 18.0 Å². The monoisotopic (exact) mass is 339 g/mol. The standard InChI is InChI=1S/C18H17N3O2S/c1-3-23-15-9-5-4-8-14(15)21-17(22)16-12(2)20-18(24-16)13-7-6-10-19-11-13/h4-11H,3H2,1-2H3,(H,21,22). The highest BCUT2D eigenvalue weighted by Crippen LogP contribution is 2.29. The zero-order valence-electron chi connectivity index (χ0n) is 13.4. The first-order valence-corrected chi connectivity index (χ1v) is 8.41. The van der Waals surface area contributed by atoms with Gasteiger partial charge in [-0.05, 0) is 38.1 Å². The normalized spacial score (nSPS) is 10.4. The molecule has 1 aromatic carbocycles. The summed E-state index contributed by atoms with van der Waals surface area (Å²) in [7, 11) is 0. The maximum atomic E-state index is 12.6. The molecular formula is C18H17N3O2S. The minimum atomic E-state index is -0.188. The number of nitrogens with zero attached hydrogens (tertiary/aromatic N) is 2. The van der Waals surface area contributed by atoms with Gasteiger partial charge in [-0.15, -0.1) is 11.3 Å². The first kappa shape index (κ1) is 16.1. The number of pyridine rings is 1. The van der Waals surface area contributed by atoms with Crippen molar-refractivity contribution in [1.82, 2.24) is 9.97 Å². The van der Waals surface area contributed by atoms with Crippen molar-refractivity contribution in [3.63, 3.8) is 0 Å². The van der Waals surface area contributed by atoms with Crippen LogP contribution in [0.5, 0.6) is 5.75 Å². The number of carbonyl (C=O) groups is 1. The van der Waals surface area contributed by atoms with E-state index in [4.69, 9.17) is 4.74 Å². The van der Waals surface area contributed by atoms with Crippen molar-refractivity contribution in [2.75, 3.05) is 11.9 Å². The van der Waals surface area contributed by atoms with E-state index in [0.29, 0.717) is 28.6 Å². The summed E-state index contributed by atoms with van der Waals surface area (Å²) in [5, 5.41) is 3.69. The van der Waals surface area contributed by atoms with Crippen LogP contribution in [-0.2, 0) is 0 Å². The van der Waals surface area contributed by atoms with Gasteiger partial charge < -0.3 is 10.1 Å². The molecule has 0 radical (unpaired) electrons. The van der Waals surface area contributed by atoms with E-state index in [1.165, 1.54) is 11.3 Å². The van der Waals surface area contributed by atoms with Crippen LogP contribution in [-0.4, -0.2) is 22.5 Å². The molecule has 122 valence electrons. The van der Waals surface area contributed by atoms with E-state index in [2.05, 4.69) is 15.3 Å². The molecule has 0 atom stereocenters. The summed E-state index contributed by atoms with van der Waals surface area (Å²) in [6.07, 6.45) is 3.45. The molecule has 3 aromatic rings. The van der Waals surface area contributed by atoms with Crippen LogP contribution < -0.4 is 10.1 Å². The average molecular weight is 339 g/mol. The van der Waals surface area contributed by atoms with Crippen molar-refractivity contribution in [3.05, 3.63) is 59.4 Å². The number of aromatic nitrogens is 2. The maximum Gasteiger partial charge on any atom is 0.267 e. The molecule has 0 fully saturated rings. The maximum absolute atomic E-state index is 12.6. The number of benzene rings is 1. The van der Waals surface area contributed by atoms with Gasteiger partial charge in [-0.2, -0.15) is 0 Å². The number of hydrogen-bond donors (Lipinski definition) is 1. The summed E-state index contributed by atoms with van der Waals surface area (Å²) < 4.78 is 5.54. The van der Waals surface area contributed by atoms with Crippen molar-refractivity contribution in [3.8, 4) is 16.3 Å². The largest absolute Gasteiger partial charge is 0.492 e. The van der Waals surface area contributed by atoms with E-state index in [1.54, 1.807) is 12.4 Å². The molecule has 3 rings (SSSR count). The molecule has 5 nitrogen and oxygen atoms in total. The van der Waals surface area contributed by atoms with Crippen LogP contribution in [0.25, 0.3) is 10.6 Å². The number of hydrogen-bond acceptors (Lipinski definition) is 5. The summed E-state index contributed by atoms with van der Waals surface area (Å²) in [6.45, 7) is 4.28. The van der Waals surface area contributed by atoms with Gasteiger partial charge in [-0.1, -0.05) is 12.1 Å². The Kier molecular flexibility index (Phi) is 4.86. The van der Waals surface area contributed by atoms with Crippen molar-refractivity contribution in [2.24, 2.45) is 0 Å². The molecule has 1 N–H and O–H groups in total.